The molecule has 1 atom stereocenters. The Kier molecular flexibility index (Phi) is 5.05. The summed E-state index contributed by atoms with van der Waals surface area (Å²) in [4.78, 5) is 11.3. The molecule has 0 radical (unpaired) electrons. The van der Waals surface area contributed by atoms with E-state index in [2.05, 4.69) is 5.32 Å². The highest BCUT2D eigenvalue weighted by Gasteiger charge is 2.29. The first-order valence-electron chi connectivity index (χ1n) is 7.10. The van der Waals surface area contributed by atoms with Gasteiger partial charge in [0.1, 0.15) is 11.3 Å². The van der Waals surface area contributed by atoms with Gasteiger partial charge in [0.25, 0.3) is 0 Å². The number of sulfonamides is 1. The van der Waals surface area contributed by atoms with Crippen LogP contribution in [0, 0.1) is 0 Å². The number of rotatable bonds is 5. The lowest BCUT2D eigenvalue weighted by atomic mass is 10.2. The maximum atomic E-state index is 12.6. The van der Waals surface area contributed by atoms with Gasteiger partial charge in [0, 0.05) is 25.7 Å². The Morgan fingerprint density at radius 2 is 2.23 bits per heavy atom. The smallest absolute Gasteiger partial charge is 0.339 e. The average Bonchev–Trinajstić information content (AvgIpc) is 2.47. The Labute approximate surface area is 129 Å². The standard InChI is InChI=1S/C14H20N2O5S/c1-3-21-13-5-4-11(8-12(13)14(17)18)22(19,20)16-7-6-15-10(2)9-16/h4-5,8,10,15H,3,6-7,9H2,1-2H3,(H,17,18)/t10-/m1/s1. The number of carboxylic acids is 1. The molecule has 0 aliphatic carbocycles. The molecule has 122 valence electrons. The van der Waals surface area contributed by atoms with Crippen molar-refractivity contribution in [1.29, 1.82) is 0 Å². The second kappa shape index (κ2) is 6.64. The van der Waals surface area contributed by atoms with E-state index in [4.69, 9.17) is 4.74 Å². The zero-order valence-corrected chi connectivity index (χ0v) is 13.4. The summed E-state index contributed by atoms with van der Waals surface area (Å²) in [6.07, 6.45) is 0. The minimum absolute atomic E-state index is 0.0255. The summed E-state index contributed by atoms with van der Waals surface area (Å²) in [5.41, 5.74) is -0.147. The van der Waals surface area contributed by atoms with Gasteiger partial charge < -0.3 is 15.2 Å². The highest BCUT2D eigenvalue weighted by Crippen LogP contribution is 2.25. The predicted octanol–water partition coefficient (Wildman–Crippen LogP) is 0.766. The average molecular weight is 328 g/mol. The first-order valence-corrected chi connectivity index (χ1v) is 8.54. The Morgan fingerprint density at radius 3 is 2.82 bits per heavy atom. The second-order valence-electron chi connectivity index (χ2n) is 5.11. The number of benzene rings is 1. The van der Waals surface area contributed by atoms with Crippen molar-refractivity contribution in [3.63, 3.8) is 0 Å². The fraction of sp³-hybridized carbons (Fsp3) is 0.500. The number of aromatic carboxylic acids is 1. The molecule has 0 bridgehead atoms. The molecule has 2 N–H and O–H groups in total. The quantitative estimate of drug-likeness (QED) is 0.829. The van der Waals surface area contributed by atoms with Crippen LogP contribution >= 0.6 is 0 Å². The molecule has 1 aromatic carbocycles. The third-order valence-electron chi connectivity index (χ3n) is 3.45. The highest BCUT2D eigenvalue weighted by atomic mass is 32.2. The molecule has 0 unspecified atom stereocenters. The lowest BCUT2D eigenvalue weighted by Crippen LogP contribution is -2.51. The van der Waals surface area contributed by atoms with Crippen molar-refractivity contribution in [3.8, 4) is 5.75 Å². The fourth-order valence-electron chi connectivity index (χ4n) is 2.38. The number of carboxylic acid groups (broad SMARTS) is 1. The van der Waals surface area contributed by atoms with Crippen LogP contribution in [0.1, 0.15) is 24.2 Å². The maximum Gasteiger partial charge on any atom is 0.339 e. The van der Waals surface area contributed by atoms with Gasteiger partial charge in [-0.3, -0.25) is 0 Å². The van der Waals surface area contributed by atoms with Crippen LogP contribution in [0.25, 0.3) is 0 Å². The first-order chi connectivity index (χ1) is 10.4. The van der Waals surface area contributed by atoms with Crippen LogP contribution in [0.4, 0.5) is 0 Å². The largest absolute Gasteiger partial charge is 0.493 e. The molecule has 1 heterocycles. The number of hydrogen-bond donors (Lipinski definition) is 2. The molecule has 7 nitrogen and oxygen atoms in total. The van der Waals surface area contributed by atoms with Gasteiger partial charge in [-0.15, -0.1) is 0 Å². The van der Waals surface area contributed by atoms with Crippen LogP contribution in [-0.2, 0) is 10.0 Å². The van der Waals surface area contributed by atoms with E-state index in [1.54, 1.807) is 6.92 Å². The summed E-state index contributed by atoms with van der Waals surface area (Å²) in [7, 11) is -3.71. The van der Waals surface area contributed by atoms with E-state index in [1.165, 1.54) is 16.4 Å². The molecule has 22 heavy (non-hydrogen) atoms. The van der Waals surface area contributed by atoms with Gasteiger partial charge in [-0.05, 0) is 32.0 Å². The Hall–Kier alpha value is -1.64. The molecule has 0 amide bonds. The van der Waals surface area contributed by atoms with Crippen molar-refractivity contribution in [2.75, 3.05) is 26.2 Å². The molecule has 8 heteroatoms. The summed E-state index contributed by atoms with van der Waals surface area (Å²) in [5, 5.41) is 12.4. The zero-order chi connectivity index (χ0) is 16.3. The molecule has 1 aliphatic rings. The molecule has 0 saturated carbocycles. The maximum absolute atomic E-state index is 12.6. The normalized spacial score (nSPS) is 19.8. The van der Waals surface area contributed by atoms with Crippen molar-refractivity contribution < 1.29 is 23.1 Å². The lowest BCUT2D eigenvalue weighted by Gasteiger charge is -2.31. The predicted molar refractivity (Wildman–Crippen MR) is 80.8 cm³/mol. The summed E-state index contributed by atoms with van der Waals surface area (Å²) < 4.78 is 31.9. The van der Waals surface area contributed by atoms with Gasteiger partial charge in [-0.2, -0.15) is 4.31 Å². The molecule has 1 fully saturated rings. The summed E-state index contributed by atoms with van der Waals surface area (Å²) in [5.74, 6) is -1.04. The number of carbonyl (C=O) groups is 1. The van der Waals surface area contributed by atoms with Crippen LogP contribution < -0.4 is 10.1 Å². The number of hydrogen-bond acceptors (Lipinski definition) is 5. The minimum atomic E-state index is -3.71. The number of piperazine rings is 1. The highest BCUT2D eigenvalue weighted by molar-refractivity contribution is 7.89. The van der Waals surface area contributed by atoms with Crippen LogP contribution in [0.15, 0.2) is 23.1 Å². The topological polar surface area (TPSA) is 95.9 Å². The fourth-order valence-corrected chi connectivity index (χ4v) is 3.94. The van der Waals surface area contributed by atoms with E-state index in [0.717, 1.165) is 6.07 Å². The van der Waals surface area contributed by atoms with Crippen molar-refractivity contribution in [2.24, 2.45) is 0 Å². The number of nitrogens with zero attached hydrogens (tertiary/aromatic N) is 1. The molecule has 0 spiro atoms. The summed E-state index contributed by atoms with van der Waals surface area (Å²) in [6, 6.07) is 4.01. The summed E-state index contributed by atoms with van der Waals surface area (Å²) >= 11 is 0. The van der Waals surface area contributed by atoms with E-state index >= 15 is 0 Å². The molecule has 1 aliphatic heterocycles. The van der Waals surface area contributed by atoms with E-state index in [9.17, 15) is 18.3 Å². The van der Waals surface area contributed by atoms with Crippen LogP contribution in [0.3, 0.4) is 0 Å². The Bertz CT molecular complexity index is 659. The molecular weight excluding hydrogens is 308 g/mol. The lowest BCUT2D eigenvalue weighted by molar-refractivity contribution is 0.0692. The van der Waals surface area contributed by atoms with E-state index < -0.39 is 16.0 Å². The summed E-state index contributed by atoms with van der Waals surface area (Å²) in [6.45, 7) is 5.24. The molecular formula is C14H20N2O5S. The second-order valence-corrected chi connectivity index (χ2v) is 7.05. The molecule has 0 aromatic heterocycles. The third kappa shape index (κ3) is 3.40. The van der Waals surface area contributed by atoms with Crippen LogP contribution in [-0.4, -0.2) is 56.1 Å². The Morgan fingerprint density at radius 1 is 1.50 bits per heavy atom. The van der Waals surface area contributed by atoms with Gasteiger partial charge in [-0.1, -0.05) is 0 Å². The first kappa shape index (κ1) is 16.7. The SMILES string of the molecule is CCOc1ccc(S(=O)(=O)N2CCN[C@H](C)C2)cc1C(=O)O. The molecule has 1 aromatic rings. The van der Waals surface area contributed by atoms with Crippen molar-refractivity contribution >= 4 is 16.0 Å². The third-order valence-corrected chi connectivity index (χ3v) is 5.31. The Balaban J connectivity index is 2.38. The van der Waals surface area contributed by atoms with Gasteiger partial charge in [0.05, 0.1) is 11.5 Å². The van der Waals surface area contributed by atoms with E-state index in [1.807, 2.05) is 6.92 Å². The van der Waals surface area contributed by atoms with E-state index in [-0.39, 0.29) is 22.3 Å². The monoisotopic (exact) mass is 328 g/mol. The molecule has 1 saturated heterocycles. The number of ether oxygens (including phenoxy) is 1. The van der Waals surface area contributed by atoms with Gasteiger partial charge in [0.2, 0.25) is 10.0 Å². The minimum Gasteiger partial charge on any atom is -0.493 e. The van der Waals surface area contributed by atoms with Crippen molar-refractivity contribution in [2.45, 2.75) is 24.8 Å². The van der Waals surface area contributed by atoms with Crippen molar-refractivity contribution in [3.05, 3.63) is 23.8 Å². The van der Waals surface area contributed by atoms with Gasteiger partial charge >= 0.3 is 5.97 Å². The zero-order valence-electron chi connectivity index (χ0n) is 12.6. The van der Waals surface area contributed by atoms with Crippen LogP contribution in [0.5, 0.6) is 5.75 Å². The van der Waals surface area contributed by atoms with Crippen LogP contribution in [0.2, 0.25) is 0 Å². The van der Waals surface area contributed by atoms with E-state index in [0.29, 0.717) is 26.2 Å². The number of nitrogens with one attached hydrogen (secondary N) is 1. The van der Waals surface area contributed by atoms with Gasteiger partial charge in [0.15, 0.2) is 0 Å². The van der Waals surface area contributed by atoms with Gasteiger partial charge in [-0.25, -0.2) is 13.2 Å². The molecule has 2 rings (SSSR count). The van der Waals surface area contributed by atoms with Crippen molar-refractivity contribution in [1.82, 2.24) is 9.62 Å².